The molecule has 0 fully saturated rings. The Morgan fingerprint density at radius 2 is 1.15 bits per heavy atom. The SMILES string of the molecule is N#Cc1ccc(C=C(C(=O)c2ccccc2)C(=O)c2ccccc2)cc1. The van der Waals surface area contributed by atoms with Gasteiger partial charge in [0.15, 0.2) is 11.6 Å². The molecule has 124 valence electrons. The van der Waals surface area contributed by atoms with Gasteiger partial charge in [0.1, 0.15) is 0 Å². The first-order valence-corrected chi connectivity index (χ1v) is 8.10. The van der Waals surface area contributed by atoms with Gasteiger partial charge in [0.25, 0.3) is 0 Å². The summed E-state index contributed by atoms with van der Waals surface area (Å²) in [5, 5.41) is 8.91. The van der Waals surface area contributed by atoms with E-state index in [-0.39, 0.29) is 17.1 Å². The molecule has 0 saturated heterocycles. The number of hydrogen-bond donors (Lipinski definition) is 0. The predicted molar refractivity (Wildman–Crippen MR) is 101 cm³/mol. The number of rotatable bonds is 5. The van der Waals surface area contributed by atoms with Crippen LogP contribution in [0.5, 0.6) is 0 Å². The summed E-state index contributed by atoms with van der Waals surface area (Å²) in [6.07, 6.45) is 1.58. The van der Waals surface area contributed by atoms with Crippen LogP contribution in [0.25, 0.3) is 6.08 Å². The van der Waals surface area contributed by atoms with Gasteiger partial charge in [-0.2, -0.15) is 5.26 Å². The molecule has 0 heterocycles. The zero-order valence-electron chi connectivity index (χ0n) is 13.9. The highest BCUT2D eigenvalue weighted by Gasteiger charge is 2.21. The topological polar surface area (TPSA) is 57.9 Å². The average molecular weight is 337 g/mol. The molecular formula is C23H15NO2. The van der Waals surface area contributed by atoms with E-state index in [1.807, 2.05) is 12.1 Å². The zero-order valence-corrected chi connectivity index (χ0v) is 13.9. The van der Waals surface area contributed by atoms with Crippen molar-refractivity contribution in [3.05, 3.63) is 113 Å². The van der Waals surface area contributed by atoms with Gasteiger partial charge < -0.3 is 0 Å². The maximum Gasteiger partial charge on any atom is 0.196 e. The molecule has 0 aliphatic carbocycles. The normalized spacial score (nSPS) is 9.81. The maximum atomic E-state index is 12.9. The summed E-state index contributed by atoms with van der Waals surface area (Å²) in [7, 11) is 0. The summed E-state index contributed by atoms with van der Waals surface area (Å²) in [5.41, 5.74) is 2.21. The molecule has 0 spiro atoms. The third-order valence-corrected chi connectivity index (χ3v) is 3.91. The number of carbonyl (C=O) groups excluding carboxylic acids is 2. The summed E-state index contributed by atoms with van der Waals surface area (Å²) in [6, 6.07) is 26.2. The van der Waals surface area contributed by atoms with Crippen LogP contribution >= 0.6 is 0 Å². The lowest BCUT2D eigenvalue weighted by molar-refractivity contribution is 0.0964. The van der Waals surface area contributed by atoms with Gasteiger partial charge in [-0.05, 0) is 23.8 Å². The zero-order chi connectivity index (χ0) is 18.4. The minimum absolute atomic E-state index is 0.0899. The molecule has 0 bridgehead atoms. The number of ketones is 2. The molecule has 0 saturated carbocycles. The molecule has 0 aliphatic heterocycles. The van der Waals surface area contributed by atoms with Crippen molar-refractivity contribution in [2.75, 3.05) is 0 Å². The van der Waals surface area contributed by atoms with E-state index in [0.29, 0.717) is 22.3 Å². The third-order valence-electron chi connectivity index (χ3n) is 3.91. The fraction of sp³-hybridized carbons (Fsp3) is 0. The van der Waals surface area contributed by atoms with Crippen molar-refractivity contribution in [2.45, 2.75) is 0 Å². The summed E-state index contributed by atoms with van der Waals surface area (Å²) in [5.74, 6) is -0.660. The minimum Gasteiger partial charge on any atom is -0.288 e. The Bertz CT molecular complexity index is 942. The highest BCUT2D eigenvalue weighted by molar-refractivity contribution is 6.33. The molecule has 3 aromatic rings. The van der Waals surface area contributed by atoms with Crippen LogP contribution in [0.3, 0.4) is 0 Å². The molecule has 0 aliphatic rings. The van der Waals surface area contributed by atoms with Gasteiger partial charge in [0.05, 0.1) is 17.2 Å². The van der Waals surface area contributed by atoms with Gasteiger partial charge in [-0.3, -0.25) is 9.59 Å². The van der Waals surface area contributed by atoms with Crippen LogP contribution in [0.4, 0.5) is 0 Å². The van der Waals surface area contributed by atoms with E-state index in [9.17, 15) is 9.59 Å². The lowest BCUT2D eigenvalue weighted by Crippen LogP contribution is -2.13. The molecule has 3 heteroatoms. The van der Waals surface area contributed by atoms with Crippen LogP contribution in [-0.2, 0) is 0 Å². The first kappa shape index (κ1) is 17.1. The van der Waals surface area contributed by atoms with E-state index < -0.39 is 0 Å². The highest BCUT2D eigenvalue weighted by atomic mass is 16.1. The first-order valence-electron chi connectivity index (χ1n) is 8.10. The second-order valence-electron chi connectivity index (χ2n) is 5.68. The van der Waals surface area contributed by atoms with Gasteiger partial charge in [-0.15, -0.1) is 0 Å². The number of hydrogen-bond acceptors (Lipinski definition) is 3. The third kappa shape index (κ3) is 3.82. The molecule has 26 heavy (non-hydrogen) atoms. The first-order chi connectivity index (χ1) is 12.7. The largest absolute Gasteiger partial charge is 0.288 e. The van der Waals surface area contributed by atoms with Gasteiger partial charge >= 0.3 is 0 Å². The number of Topliss-reactive ketones (excluding diaryl/α,β-unsaturated/α-hetero) is 2. The molecule has 3 rings (SSSR count). The summed E-state index contributed by atoms with van der Waals surface area (Å²) >= 11 is 0. The summed E-state index contributed by atoms with van der Waals surface area (Å²) < 4.78 is 0. The van der Waals surface area contributed by atoms with E-state index >= 15 is 0 Å². The van der Waals surface area contributed by atoms with Crippen LogP contribution in [-0.4, -0.2) is 11.6 Å². The van der Waals surface area contributed by atoms with Gasteiger partial charge in [0, 0.05) is 11.1 Å². The molecule has 0 amide bonds. The van der Waals surface area contributed by atoms with Crippen LogP contribution in [0.1, 0.15) is 31.8 Å². The van der Waals surface area contributed by atoms with E-state index in [4.69, 9.17) is 5.26 Å². The summed E-state index contributed by atoms with van der Waals surface area (Å²) in [6.45, 7) is 0. The van der Waals surface area contributed by atoms with Crippen LogP contribution in [0.2, 0.25) is 0 Å². The Hall–Kier alpha value is -3.77. The van der Waals surface area contributed by atoms with Crippen LogP contribution < -0.4 is 0 Å². The lowest BCUT2D eigenvalue weighted by Gasteiger charge is -2.07. The van der Waals surface area contributed by atoms with Crippen molar-refractivity contribution in [1.82, 2.24) is 0 Å². The fourth-order valence-corrected chi connectivity index (χ4v) is 2.54. The van der Waals surface area contributed by atoms with Crippen LogP contribution in [0, 0.1) is 11.3 Å². The van der Waals surface area contributed by atoms with Crippen molar-refractivity contribution in [3.63, 3.8) is 0 Å². The minimum atomic E-state index is -0.330. The number of benzene rings is 3. The number of carbonyl (C=O) groups is 2. The number of nitriles is 1. The smallest absolute Gasteiger partial charge is 0.196 e. The number of nitrogens with zero attached hydrogens (tertiary/aromatic N) is 1. The molecular weight excluding hydrogens is 322 g/mol. The Morgan fingerprint density at radius 1 is 0.692 bits per heavy atom. The van der Waals surface area contributed by atoms with Crippen LogP contribution in [0.15, 0.2) is 90.5 Å². The molecule has 0 aromatic heterocycles. The van der Waals surface area contributed by atoms with E-state index in [2.05, 4.69) is 6.07 Å². The van der Waals surface area contributed by atoms with E-state index in [0.717, 1.165) is 0 Å². The molecule has 0 N–H and O–H groups in total. The molecule has 0 unspecified atom stereocenters. The van der Waals surface area contributed by atoms with Crippen molar-refractivity contribution in [3.8, 4) is 6.07 Å². The van der Waals surface area contributed by atoms with Crippen molar-refractivity contribution < 1.29 is 9.59 Å². The lowest BCUT2D eigenvalue weighted by atomic mass is 9.94. The van der Waals surface area contributed by atoms with E-state index in [1.165, 1.54) is 0 Å². The van der Waals surface area contributed by atoms with E-state index in [1.54, 1.807) is 78.9 Å². The monoisotopic (exact) mass is 337 g/mol. The van der Waals surface area contributed by atoms with Gasteiger partial charge in [0.2, 0.25) is 0 Å². The Balaban J connectivity index is 2.06. The molecule has 3 nitrogen and oxygen atoms in total. The highest BCUT2D eigenvalue weighted by Crippen LogP contribution is 2.18. The van der Waals surface area contributed by atoms with Crippen molar-refractivity contribution in [2.24, 2.45) is 0 Å². The predicted octanol–water partition coefficient (Wildman–Crippen LogP) is 4.71. The second-order valence-corrected chi connectivity index (χ2v) is 5.68. The Morgan fingerprint density at radius 3 is 1.58 bits per heavy atom. The quantitative estimate of drug-likeness (QED) is 0.293. The Kier molecular flexibility index (Phi) is 5.16. The molecule has 0 radical (unpaired) electrons. The Labute approximate surface area is 151 Å². The average Bonchev–Trinajstić information content (AvgIpc) is 2.73. The standard InChI is InChI=1S/C23H15NO2/c24-16-18-13-11-17(12-14-18)15-21(22(25)19-7-3-1-4-8-19)23(26)20-9-5-2-6-10-20/h1-15H. The number of allylic oxidation sites excluding steroid dienone is 1. The van der Waals surface area contributed by atoms with Gasteiger partial charge in [-0.1, -0.05) is 72.8 Å². The fourth-order valence-electron chi connectivity index (χ4n) is 2.54. The summed E-state index contributed by atoms with van der Waals surface area (Å²) in [4.78, 5) is 25.9. The van der Waals surface area contributed by atoms with Gasteiger partial charge in [-0.25, -0.2) is 0 Å². The van der Waals surface area contributed by atoms with Crippen molar-refractivity contribution >= 4 is 17.6 Å². The maximum absolute atomic E-state index is 12.9. The second kappa shape index (κ2) is 7.87. The molecule has 3 aromatic carbocycles. The van der Waals surface area contributed by atoms with Crippen molar-refractivity contribution in [1.29, 1.82) is 5.26 Å². The molecule has 0 atom stereocenters.